The second-order valence-electron chi connectivity index (χ2n) is 7.37. The molecule has 1 unspecified atom stereocenters. The molecule has 176 valence electrons. The highest BCUT2D eigenvalue weighted by Gasteiger charge is 2.31. The molecule has 2 aromatic carbocycles. The van der Waals surface area contributed by atoms with Crippen molar-refractivity contribution >= 4 is 39.5 Å². The van der Waals surface area contributed by atoms with Gasteiger partial charge in [-0.3, -0.25) is 10.1 Å². The Morgan fingerprint density at radius 3 is 2.33 bits per heavy atom. The maximum absolute atomic E-state index is 13.1. The van der Waals surface area contributed by atoms with Crippen LogP contribution < -0.4 is 10.6 Å². The van der Waals surface area contributed by atoms with E-state index >= 15 is 0 Å². The van der Waals surface area contributed by atoms with E-state index in [0.29, 0.717) is 18.7 Å². The van der Waals surface area contributed by atoms with E-state index in [4.69, 9.17) is 16.3 Å². The minimum Gasteiger partial charge on any atom is -0.444 e. The molecule has 0 radical (unpaired) electrons. The molecule has 2 aromatic rings. The van der Waals surface area contributed by atoms with Crippen LogP contribution in [0.3, 0.4) is 0 Å². The number of carbonyl (C=O) groups excluding carboxylic acids is 3. The monoisotopic (exact) mass is 493 g/mol. The second kappa shape index (κ2) is 10.8. The summed E-state index contributed by atoms with van der Waals surface area (Å²) in [7, 11) is -2.57. The van der Waals surface area contributed by atoms with Crippen molar-refractivity contribution in [1.82, 2.24) is 14.9 Å². The summed E-state index contributed by atoms with van der Waals surface area (Å²) >= 11 is 6.16. The molecule has 1 atom stereocenters. The van der Waals surface area contributed by atoms with E-state index in [2.05, 4.69) is 10.6 Å². The first-order chi connectivity index (χ1) is 15.7. The molecular weight excluding hydrogens is 470 g/mol. The van der Waals surface area contributed by atoms with Gasteiger partial charge in [0.05, 0.1) is 10.6 Å². The number of urea groups is 1. The van der Waals surface area contributed by atoms with Gasteiger partial charge in [0.2, 0.25) is 16.1 Å². The van der Waals surface area contributed by atoms with Crippen LogP contribution in [0, 0.1) is 0 Å². The number of hydrogen-bond acceptors (Lipinski definition) is 6. The number of nitrogens with zero attached hydrogens (tertiary/aromatic N) is 1. The number of ether oxygens (including phenoxy) is 1. The number of carbonyl (C=O) groups is 3. The van der Waals surface area contributed by atoms with Crippen LogP contribution in [0.4, 0.5) is 4.79 Å². The molecule has 0 bridgehead atoms. The topological polar surface area (TPSA) is 122 Å². The number of esters is 1. The smallest absolute Gasteiger partial charge is 0.339 e. The van der Waals surface area contributed by atoms with Gasteiger partial charge in [-0.05, 0) is 31.0 Å². The van der Waals surface area contributed by atoms with Gasteiger partial charge in [0.1, 0.15) is 4.90 Å². The normalized spacial score (nSPS) is 15.3. The van der Waals surface area contributed by atoms with Gasteiger partial charge in [-0.1, -0.05) is 48.4 Å². The maximum Gasteiger partial charge on any atom is 0.339 e. The number of sulfonamides is 1. The Hall–Kier alpha value is -2.95. The Labute approximate surface area is 197 Å². The number of nitrogens with one attached hydrogen (secondary N) is 2. The molecule has 33 heavy (non-hydrogen) atoms. The van der Waals surface area contributed by atoms with Gasteiger partial charge >= 0.3 is 12.0 Å². The van der Waals surface area contributed by atoms with Crippen molar-refractivity contribution in [3.63, 3.8) is 0 Å². The molecule has 0 saturated carbocycles. The SMILES string of the molecule is CNC(=O)NC(=O)C(OC(=O)c1ccc(Cl)c(S(=O)(=O)N2CCCCC2)c1)c1ccccc1. The number of amides is 3. The maximum atomic E-state index is 13.1. The van der Waals surface area contributed by atoms with Crippen LogP contribution >= 0.6 is 11.6 Å². The zero-order chi connectivity index (χ0) is 24.0. The Bertz CT molecular complexity index is 1130. The number of imide groups is 1. The molecule has 3 rings (SSSR count). The molecule has 1 aliphatic heterocycles. The van der Waals surface area contributed by atoms with E-state index in [9.17, 15) is 22.8 Å². The van der Waals surface area contributed by atoms with Crippen molar-refractivity contribution in [2.45, 2.75) is 30.3 Å². The number of halogens is 1. The van der Waals surface area contributed by atoms with Gasteiger partial charge in [0.15, 0.2) is 0 Å². The lowest BCUT2D eigenvalue weighted by Gasteiger charge is -2.26. The van der Waals surface area contributed by atoms with E-state index in [1.54, 1.807) is 30.3 Å². The molecule has 3 amide bonds. The second-order valence-corrected chi connectivity index (χ2v) is 9.69. The largest absolute Gasteiger partial charge is 0.444 e. The van der Waals surface area contributed by atoms with Crippen molar-refractivity contribution in [3.05, 3.63) is 64.7 Å². The van der Waals surface area contributed by atoms with Crippen molar-refractivity contribution in [3.8, 4) is 0 Å². The van der Waals surface area contributed by atoms with Crippen molar-refractivity contribution < 1.29 is 27.5 Å². The van der Waals surface area contributed by atoms with Gasteiger partial charge in [-0.2, -0.15) is 4.31 Å². The summed E-state index contributed by atoms with van der Waals surface area (Å²) in [5.41, 5.74) is 0.242. The van der Waals surface area contributed by atoms with Crippen LogP contribution in [0.1, 0.15) is 41.3 Å². The van der Waals surface area contributed by atoms with Gasteiger partial charge < -0.3 is 10.1 Å². The zero-order valence-corrected chi connectivity index (χ0v) is 19.5. The first-order valence-electron chi connectivity index (χ1n) is 10.3. The van der Waals surface area contributed by atoms with E-state index in [-0.39, 0.29) is 15.5 Å². The molecule has 0 aromatic heterocycles. The summed E-state index contributed by atoms with van der Waals surface area (Å²) < 4.78 is 32.9. The summed E-state index contributed by atoms with van der Waals surface area (Å²) in [4.78, 5) is 36.9. The third-order valence-electron chi connectivity index (χ3n) is 5.13. The highest BCUT2D eigenvalue weighted by Crippen LogP contribution is 2.29. The van der Waals surface area contributed by atoms with Crippen LogP contribution in [-0.4, -0.2) is 50.8 Å². The molecule has 9 nitrogen and oxygen atoms in total. The van der Waals surface area contributed by atoms with Crippen LogP contribution in [-0.2, 0) is 19.6 Å². The molecule has 1 fully saturated rings. The number of rotatable bonds is 6. The molecule has 2 N–H and O–H groups in total. The lowest BCUT2D eigenvalue weighted by atomic mass is 10.1. The van der Waals surface area contributed by atoms with Crippen molar-refractivity contribution in [2.24, 2.45) is 0 Å². The zero-order valence-electron chi connectivity index (χ0n) is 17.9. The molecule has 0 aliphatic carbocycles. The van der Waals surface area contributed by atoms with Crippen LogP contribution in [0.5, 0.6) is 0 Å². The number of piperidine rings is 1. The quantitative estimate of drug-likeness (QED) is 0.597. The predicted molar refractivity (Wildman–Crippen MR) is 121 cm³/mol. The van der Waals surface area contributed by atoms with Crippen molar-refractivity contribution in [1.29, 1.82) is 0 Å². The van der Waals surface area contributed by atoms with Gasteiger partial charge in [0, 0.05) is 25.7 Å². The predicted octanol–water partition coefficient (Wildman–Crippen LogP) is 2.87. The summed E-state index contributed by atoms with van der Waals surface area (Å²) in [6.07, 6.45) is 1.01. The summed E-state index contributed by atoms with van der Waals surface area (Å²) in [5.74, 6) is -1.80. The van der Waals surface area contributed by atoms with Crippen LogP contribution in [0.15, 0.2) is 53.4 Å². The third-order valence-corrected chi connectivity index (χ3v) is 7.51. The highest BCUT2D eigenvalue weighted by atomic mass is 35.5. The number of hydrogen-bond donors (Lipinski definition) is 2. The molecule has 1 aliphatic rings. The summed E-state index contributed by atoms with van der Waals surface area (Å²) in [5, 5.41) is 4.31. The van der Waals surface area contributed by atoms with E-state index in [1.807, 2.05) is 0 Å². The average molecular weight is 494 g/mol. The minimum atomic E-state index is -3.90. The molecule has 1 heterocycles. The standard InChI is InChI=1S/C22H24ClN3O6S/c1-24-22(29)25-20(27)19(15-8-4-2-5-9-15)32-21(28)16-10-11-17(23)18(14-16)33(30,31)26-12-6-3-7-13-26/h2,4-5,8-11,14,19H,3,6-7,12-13H2,1H3,(H2,24,25,27,29). The molecule has 11 heteroatoms. The van der Waals surface area contributed by atoms with Gasteiger partial charge in [0.25, 0.3) is 5.91 Å². The Kier molecular flexibility index (Phi) is 8.06. The summed E-state index contributed by atoms with van der Waals surface area (Å²) in [6, 6.07) is 11.1. The fourth-order valence-electron chi connectivity index (χ4n) is 3.39. The highest BCUT2D eigenvalue weighted by molar-refractivity contribution is 7.89. The number of benzene rings is 2. The Morgan fingerprint density at radius 1 is 1.03 bits per heavy atom. The Morgan fingerprint density at radius 2 is 1.70 bits per heavy atom. The van der Waals surface area contributed by atoms with Crippen molar-refractivity contribution in [2.75, 3.05) is 20.1 Å². The fraction of sp³-hybridized carbons (Fsp3) is 0.318. The molecule has 0 spiro atoms. The third kappa shape index (κ3) is 5.89. The van der Waals surface area contributed by atoms with E-state index in [1.165, 1.54) is 23.5 Å². The Balaban J connectivity index is 1.89. The lowest BCUT2D eigenvalue weighted by Crippen LogP contribution is -2.41. The summed E-state index contributed by atoms with van der Waals surface area (Å²) in [6.45, 7) is 0.756. The van der Waals surface area contributed by atoms with Gasteiger partial charge in [-0.15, -0.1) is 0 Å². The first-order valence-corrected chi connectivity index (χ1v) is 12.1. The van der Waals surface area contributed by atoms with E-state index in [0.717, 1.165) is 25.3 Å². The average Bonchev–Trinajstić information content (AvgIpc) is 2.83. The first kappa shape index (κ1) is 24.7. The van der Waals surface area contributed by atoms with Crippen LogP contribution in [0.25, 0.3) is 0 Å². The van der Waals surface area contributed by atoms with Crippen LogP contribution in [0.2, 0.25) is 5.02 Å². The fourth-order valence-corrected chi connectivity index (χ4v) is 5.41. The lowest BCUT2D eigenvalue weighted by molar-refractivity contribution is -0.129. The molecular formula is C22H24ClN3O6S. The van der Waals surface area contributed by atoms with Gasteiger partial charge in [-0.25, -0.2) is 18.0 Å². The van der Waals surface area contributed by atoms with E-state index < -0.39 is 34.0 Å². The molecule has 1 saturated heterocycles. The minimum absolute atomic E-state index is 0.0194.